The van der Waals surface area contributed by atoms with Crippen molar-refractivity contribution in [1.82, 2.24) is 4.90 Å². The lowest BCUT2D eigenvalue weighted by Crippen LogP contribution is -2.27. The SMILES string of the molecule is COC(=O)c1ccc(CN2C(=O)S/C(=C/c3ccc(OCc4ccc(Br)cc4)c(OC)c3)C2=O)o1. The summed E-state index contributed by atoms with van der Waals surface area (Å²) in [7, 11) is 2.77. The number of ether oxygens (including phenoxy) is 3. The summed E-state index contributed by atoms with van der Waals surface area (Å²) in [5.74, 6) is 0.261. The lowest BCUT2D eigenvalue weighted by molar-refractivity contribution is -0.123. The Labute approximate surface area is 214 Å². The average molecular weight is 558 g/mol. The highest BCUT2D eigenvalue weighted by Crippen LogP contribution is 2.35. The van der Waals surface area contributed by atoms with Crippen molar-refractivity contribution in [1.29, 1.82) is 0 Å². The summed E-state index contributed by atoms with van der Waals surface area (Å²) >= 11 is 4.24. The molecule has 1 aromatic heterocycles. The van der Waals surface area contributed by atoms with Gasteiger partial charge in [-0.25, -0.2) is 4.79 Å². The second kappa shape index (κ2) is 10.8. The number of benzene rings is 2. The van der Waals surface area contributed by atoms with E-state index in [9.17, 15) is 14.4 Å². The standard InChI is InChI=1S/C25H20BrNO7S/c1-31-21-11-16(5-9-19(21)33-14-15-3-6-17(26)7-4-15)12-22-23(28)27(25(30)35-22)13-18-8-10-20(34-18)24(29)32-2/h3-12H,13-14H2,1-2H3/b22-12+. The van der Waals surface area contributed by atoms with Crippen molar-refractivity contribution in [2.45, 2.75) is 13.2 Å². The largest absolute Gasteiger partial charge is 0.493 e. The van der Waals surface area contributed by atoms with Crippen molar-refractivity contribution in [2.75, 3.05) is 14.2 Å². The number of hydrogen-bond acceptors (Lipinski definition) is 8. The molecule has 10 heteroatoms. The van der Waals surface area contributed by atoms with E-state index in [0.29, 0.717) is 29.4 Å². The molecule has 0 bridgehead atoms. The molecule has 3 aromatic rings. The van der Waals surface area contributed by atoms with Gasteiger partial charge in [-0.2, -0.15) is 0 Å². The Balaban J connectivity index is 1.46. The van der Waals surface area contributed by atoms with Crippen LogP contribution in [0.4, 0.5) is 4.79 Å². The molecule has 0 spiro atoms. The van der Waals surface area contributed by atoms with Crippen LogP contribution in [0.25, 0.3) is 6.08 Å². The molecule has 0 aliphatic carbocycles. The first-order valence-electron chi connectivity index (χ1n) is 10.4. The van der Waals surface area contributed by atoms with Gasteiger partial charge in [-0.1, -0.05) is 34.1 Å². The maximum atomic E-state index is 12.8. The Morgan fingerprint density at radius 1 is 1.06 bits per heavy atom. The van der Waals surface area contributed by atoms with E-state index in [1.54, 1.807) is 24.3 Å². The van der Waals surface area contributed by atoms with Gasteiger partial charge < -0.3 is 18.6 Å². The van der Waals surface area contributed by atoms with Gasteiger partial charge in [0.05, 0.1) is 25.7 Å². The van der Waals surface area contributed by atoms with E-state index in [4.69, 9.17) is 13.9 Å². The number of imide groups is 1. The second-order valence-electron chi connectivity index (χ2n) is 7.35. The van der Waals surface area contributed by atoms with Crippen molar-refractivity contribution in [2.24, 2.45) is 0 Å². The number of carbonyl (C=O) groups is 3. The number of hydrogen-bond donors (Lipinski definition) is 0. The van der Waals surface area contributed by atoms with Gasteiger partial charge in [0.25, 0.3) is 11.1 Å². The molecule has 8 nitrogen and oxygen atoms in total. The van der Waals surface area contributed by atoms with Crippen LogP contribution < -0.4 is 9.47 Å². The highest BCUT2D eigenvalue weighted by molar-refractivity contribution is 9.10. The van der Waals surface area contributed by atoms with Gasteiger partial charge in [0, 0.05) is 4.47 Å². The number of carbonyl (C=O) groups excluding carboxylic acids is 3. The van der Waals surface area contributed by atoms with Crippen LogP contribution in [0.1, 0.15) is 27.4 Å². The molecule has 0 N–H and O–H groups in total. The predicted octanol–water partition coefficient (Wildman–Crippen LogP) is 5.65. The zero-order chi connectivity index (χ0) is 24.9. The lowest BCUT2D eigenvalue weighted by atomic mass is 10.1. The van der Waals surface area contributed by atoms with Crippen molar-refractivity contribution in [3.8, 4) is 11.5 Å². The van der Waals surface area contributed by atoms with Crippen LogP contribution in [0, 0.1) is 0 Å². The molecule has 2 amide bonds. The zero-order valence-corrected chi connectivity index (χ0v) is 21.2. The van der Waals surface area contributed by atoms with E-state index in [1.165, 1.54) is 26.4 Å². The predicted molar refractivity (Wildman–Crippen MR) is 133 cm³/mol. The number of furan rings is 1. The zero-order valence-electron chi connectivity index (χ0n) is 18.8. The molecule has 1 aliphatic rings. The van der Waals surface area contributed by atoms with Crippen molar-refractivity contribution >= 4 is 50.9 Å². The Kier molecular flexibility index (Phi) is 7.62. The van der Waals surface area contributed by atoms with Crippen LogP contribution in [0.5, 0.6) is 11.5 Å². The van der Waals surface area contributed by atoms with E-state index in [0.717, 1.165) is 26.7 Å². The molecule has 0 unspecified atom stereocenters. The van der Waals surface area contributed by atoms with Crippen molar-refractivity contribution in [3.63, 3.8) is 0 Å². The third-order valence-corrected chi connectivity index (χ3v) is 6.46. The number of amides is 2. The summed E-state index contributed by atoms with van der Waals surface area (Å²) in [6.07, 6.45) is 1.62. The topological polar surface area (TPSA) is 95.3 Å². The molecule has 1 saturated heterocycles. The monoisotopic (exact) mass is 557 g/mol. The maximum Gasteiger partial charge on any atom is 0.373 e. The summed E-state index contributed by atoms with van der Waals surface area (Å²) < 4.78 is 22.3. The minimum absolute atomic E-state index is 0.000415. The summed E-state index contributed by atoms with van der Waals surface area (Å²) in [6.45, 7) is 0.275. The van der Waals surface area contributed by atoms with Crippen LogP contribution >= 0.6 is 27.7 Å². The van der Waals surface area contributed by atoms with Crippen LogP contribution in [-0.4, -0.2) is 36.2 Å². The van der Waals surface area contributed by atoms with E-state index >= 15 is 0 Å². The second-order valence-corrected chi connectivity index (χ2v) is 9.26. The molecule has 35 heavy (non-hydrogen) atoms. The fourth-order valence-corrected chi connectivity index (χ4v) is 4.35. The van der Waals surface area contributed by atoms with Crippen LogP contribution in [0.2, 0.25) is 0 Å². The smallest absolute Gasteiger partial charge is 0.373 e. The molecule has 2 aromatic carbocycles. The van der Waals surface area contributed by atoms with Gasteiger partial charge >= 0.3 is 5.97 Å². The molecule has 0 atom stereocenters. The first-order valence-corrected chi connectivity index (χ1v) is 12.0. The van der Waals surface area contributed by atoms with E-state index in [-0.39, 0.29) is 17.2 Å². The molecule has 0 saturated carbocycles. The van der Waals surface area contributed by atoms with Crippen LogP contribution in [0.3, 0.4) is 0 Å². The van der Waals surface area contributed by atoms with Gasteiger partial charge in [-0.05, 0) is 65.4 Å². The maximum absolute atomic E-state index is 12.8. The van der Waals surface area contributed by atoms with Gasteiger partial charge in [0.15, 0.2) is 11.5 Å². The molecule has 180 valence electrons. The molecule has 1 aliphatic heterocycles. The Bertz CT molecular complexity index is 1300. The van der Waals surface area contributed by atoms with E-state index in [2.05, 4.69) is 20.7 Å². The quantitative estimate of drug-likeness (QED) is 0.259. The number of esters is 1. The molecular formula is C25H20BrNO7S. The summed E-state index contributed by atoms with van der Waals surface area (Å²) in [5.41, 5.74) is 1.68. The summed E-state index contributed by atoms with van der Waals surface area (Å²) in [6, 6.07) is 16.0. The number of halogens is 1. The first-order chi connectivity index (χ1) is 16.9. The normalized spacial score (nSPS) is 14.5. The third-order valence-electron chi connectivity index (χ3n) is 5.03. The highest BCUT2D eigenvalue weighted by atomic mass is 79.9. The Hall–Kier alpha value is -3.50. The molecule has 4 rings (SSSR count). The van der Waals surface area contributed by atoms with Gasteiger partial charge in [-0.3, -0.25) is 14.5 Å². The molecule has 0 radical (unpaired) electrons. The Morgan fingerprint density at radius 2 is 1.83 bits per heavy atom. The average Bonchev–Trinajstić information content (AvgIpc) is 3.44. The highest BCUT2D eigenvalue weighted by Gasteiger charge is 2.35. The van der Waals surface area contributed by atoms with Gasteiger partial charge in [-0.15, -0.1) is 0 Å². The first kappa shape index (κ1) is 24.6. The number of rotatable bonds is 8. The minimum Gasteiger partial charge on any atom is -0.493 e. The molecule has 2 heterocycles. The van der Waals surface area contributed by atoms with Gasteiger partial charge in [0.1, 0.15) is 12.4 Å². The fourth-order valence-electron chi connectivity index (χ4n) is 3.25. The van der Waals surface area contributed by atoms with Crippen LogP contribution in [-0.2, 0) is 22.7 Å². The fraction of sp³-hybridized carbons (Fsp3) is 0.160. The lowest BCUT2D eigenvalue weighted by Gasteiger charge is -2.12. The van der Waals surface area contributed by atoms with Gasteiger partial charge in [0.2, 0.25) is 5.76 Å². The summed E-state index contributed by atoms with van der Waals surface area (Å²) in [5, 5.41) is -0.432. The number of thioether (sulfide) groups is 1. The Morgan fingerprint density at radius 3 is 2.54 bits per heavy atom. The van der Waals surface area contributed by atoms with E-state index < -0.39 is 17.1 Å². The number of methoxy groups -OCH3 is 2. The third kappa shape index (κ3) is 5.77. The van der Waals surface area contributed by atoms with Crippen molar-refractivity contribution < 1.29 is 33.0 Å². The summed E-state index contributed by atoms with van der Waals surface area (Å²) in [4.78, 5) is 38.2. The molecule has 1 fully saturated rings. The minimum atomic E-state index is -0.636. The molecular weight excluding hydrogens is 538 g/mol. The van der Waals surface area contributed by atoms with Crippen molar-refractivity contribution in [3.05, 3.63) is 86.6 Å². The van der Waals surface area contributed by atoms with Crippen LogP contribution in [0.15, 0.2) is 68.4 Å². The number of nitrogens with zero attached hydrogens (tertiary/aromatic N) is 1. The van der Waals surface area contributed by atoms with E-state index in [1.807, 2.05) is 24.3 Å².